The van der Waals surface area contributed by atoms with Crippen molar-refractivity contribution in [2.75, 3.05) is 6.61 Å². The lowest BCUT2D eigenvalue weighted by molar-refractivity contribution is 0.122. The van der Waals surface area contributed by atoms with E-state index in [1.807, 2.05) is 6.07 Å². The monoisotopic (exact) mass is 224 g/mol. The second kappa shape index (κ2) is 3.16. The van der Waals surface area contributed by atoms with Gasteiger partial charge in [0.05, 0.1) is 18.1 Å². The Morgan fingerprint density at radius 1 is 1.53 bits per heavy atom. The van der Waals surface area contributed by atoms with Crippen LogP contribution in [-0.4, -0.2) is 22.7 Å². The first-order valence-electron chi connectivity index (χ1n) is 5.37. The van der Waals surface area contributed by atoms with Crippen LogP contribution in [0, 0.1) is 0 Å². The zero-order chi connectivity index (χ0) is 10.5. The van der Waals surface area contributed by atoms with Crippen LogP contribution in [0.2, 0.25) is 5.15 Å². The van der Waals surface area contributed by atoms with Crippen molar-refractivity contribution >= 4 is 11.6 Å². The Balaban J connectivity index is 2.00. The van der Waals surface area contributed by atoms with Crippen molar-refractivity contribution in [1.29, 1.82) is 0 Å². The highest BCUT2D eigenvalue weighted by atomic mass is 35.5. The fraction of sp³-hybridized carbons (Fsp3) is 0.636. The molecule has 2 saturated heterocycles. The van der Waals surface area contributed by atoms with E-state index >= 15 is 0 Å². The van der Waals surface area contributed by atoms with Gasteiger partial charge in [-0.2, -0.15) is 0 Å². The molecule has 3 nitrogen and oxygen atoms in total. The number of rotatable bonds is 2. The molecule has 1 saturated carbocycles. The molecular weight excluding hydrogens is 212 g/mol. The Morgan fingerprint density at radius 2 is 2.33 bits per heavy atom. The maximum atomic E-state index is 5.99. The number of hydrogen-bond donors (Lipinski definition) is 0. The molecule has 0 radical (unpaired) electrons. The number of ether oxygens (including phenoxy) is 1. The van der Waals surface area contributed by atoms with Crippen molar-refractivity contribution in [3.05, 3.63) is 22.7 Å². The first-order valence-corrected chi connectivity index (χ1v) is 5.75. The average Bonchev–Trinajstić information content (AvgIpc) is 2.75. The van der Waals surface area contributed by atoms with E-state index in [9.17, 15) is 0 Å². The Labute approximate surface area is 93.8 Å². The number of fused-ring (bicyclic) bond motifs is 1. The molecule has 2 bridgehead atoms. The Morgan fingerprint density at radius 3 is 2.93 bits per heavy atom. The minimum absolute atomic E-state index is 0.0828. The molecule has 3 fully saturated rings. The lowest BCUT2D eigenvalue weighted by Gasteiger charge is -2.33. The molecule has 4 rings (SSSR count). The number of aryl methyl sites for hydroxylation is 1. The van der Waals surface area contributed by atoms with Gasteiger partial charge in [0.1, 0.15) is 11.0 Å². The Kier molecular flexibility index (Phi) is 2.01. The van der Waals surface area contributed by atoms with E-state index in [1.54, 1.807) is 0 Å². The molecule has 0 N–H and O–H groups in total. The normalized spacial score (nSPS) is 32.8. The van der Waals surface area contributed by atoms with Crippen LogP contribution in [0.5, 0.6) is 0 Å². The van der Waals surface area contributed by atoms with Gasteiger partial charge in [0.25, 0.3) is 0 Å². The zero-order valence-corrected chi connectivity index (χ0v) is 9.42. The number of hydrogen-bond acceptors (Lipinski definition) is 3. The molecule has 3 aliphatic rings. The molecule has 0 unspecified atom stereocenters. The van der Waals surface area contributed by atoms with Crippen LogP contribution in [0.3, 0.4) is 0 Å². The van der Waals surface area contributed by atoms with Crippen molar-refractivity contribution in [1.82, 2.24) is 9.97 Å². The maximum Gasteiger partial charge on any atom is 0.138 e. The molecule has 0 aromatic carbocycles. The van der Waals surface area contributed by atoms with Gasteiger partial charge < -0.3 is 4.74 Å². The van der Waals surface area contributed by atoms with E-state index in [4.69, 9.17) is 16.3 Å². The highest BCUT2D eigenvalue weighted by Gasteiger charge is 2.55. The van der Waals surface area contributed by atoms with Crippen LogP contribution in [0.25, 0.3) is 0 Å². The summed E-state index contributed by atoms with van der Waals surface area (Å²) in [5.74, 6) is 0.889. The number of nitrogens with zero attached hydrogens (tertiary/aromatic N) is 2. The molecule has 1 aromatic heterocycles. The van der Waals surface area contributed by atoms with Gasteiger partial charge in [-0.25, -0.2) is 9.97 Å². The van der Waals surface area contributed by atoms with Crippen LogP contribution >= 0.6 is 11.6 Å². The van der Waals surface area contributed by atoms with Gasteiger partial charge in [-0.15, -0.1) is 0 Å². The van der Waals surface area contributed by atoms with E-state index in [-0.39, 0.29) is 5.41 Å². The minimum atomic E-state index is 0.0828. The van der Waals surface area contributed by atoms with E-state index in [1.165, 1.54) is 0 Å². The topological polar surface area (TPSA) is 35.0 Å². The average molecular weight is 225 g/mol. The third-order valence-corrected chi connectivity index (χ3v) is 3.61. The zero-order valence-electron chi connectivity index (χ0n) is 8.66. The predicted octanol–water partition coefficient (Wildman–Crippen LogP) is 2.12. The van der Waals surface area contributed by atoms with Gasteiger partial charge in [-0.05, 0) is 25.3 Å². The first kappa shape index (κ1) is 9.55. The lowest BCUT2D eigenvalue weighted by Crippen LogP contribution is -2.39. The predicted molar refractivity (Wildman–Crippen MR) is 57.1 cm³/mol. The highest BCUT2D eigenvalue weighted by Crippen LogP contribution is 2.50. The molecular formula is C11H13ClN2O. The van der Waals surface area contributed by atoms with Crippen molar-refractivity contribution in [2.45, 2.75) is 37.7 Å². The molecule has 2 aliphatic heterocycles. The van der Waals surface area contributed by atoms with Gasteiger partial charge in [-0.3, -0.25) is 0 Å². The van der Waals surface area contributed by atoms with E-state index < -0.39 is 0 Å². The number of halogens is 1. The summed E-state index contributed by atoms with van der Waals surface area (Å²) in [7, 11) is 0. The molecule has 0 spiro atoms. The van der Waals surface area contributed by atoms with Gasteiger partial charge in [0.15, 0.2) is 0 Å². The van der Waals surface area contributed by atoms with E-state index in [0.717, 1.165) is 37.4 Å². The summed E-state index contributed by atoms with van der Waals surface area (Å²) in [5.41, 5.74) is 1.11. The molecule has 1 aliphatic carbocycles. The van der Waals surface area contributed by atoms with E-state index in [0.29, 0.717) is 11.3 Å². The second-order valence-electron chi connectivity index (χ2n) is 4.48. The summed E-state index contributed by atoms with van der Waals surface area (Å²) >= 11 is 5.99. The quantitative estimate of drug-likeness (QED) is 0.722. The smallest absolute Gasteiger partial charge is 0.138 e. The van der Waals surface area contributed by atoms with Crippen molar-refractivity contribution in [3.8, 4) is 0 Å². The maximum absolute atomic E-state index is 5.99. The molecule has 80 valence electrons. The summed E-state index contributed by atoms with van der Waals surface area (Å²) in [5, 5.41) is 0.557. The van der Waals surface area contributed by atoms with Crippen LogP contribution in [0.15, 0.2) is 6.07 Å². The lowest BCUT2D eigenvalue weighted by atomic mass is 9.69. The molecule has 1 aromatic rings. The minimum Gasteiger partial charge on any atom is -0.377 e. The van der Waals surface area contributed by atoms with Crippen LogP contribution in [0.4, 0.5) is 0 Å². The largest absolute Gasteiger partial charge is 0.377 e. The van der Waals surface area contributed by atoms with Crippen LogP contribution < -0.4 is 0 Å². The number of aromatic nitrogens is 2. The van der Waals surface area contributed by atoms with Gasteiger partial charge in [0, 0.05) is 5.69 Å². The van der Waals surface area contributed by atoms with Gasteiger partial charge in [0.2, 0.25) is 0 Å². The summed E-state index contributed by atoms with van der Waals surface area (Å²) in [4.78, 5) is 8.92. The van der Waals surface area contributed by atoms with Crippen molar-refractivity contribution < 1.29 is 4.74 Å². The fourth-order valence-electron chi connectivity index (χ4n) is 2.45. The standard InChI is InChI=1S/C11H13ClN2O/c1-2-7-3-9(12)14-10(13-7)11-4-8(5-11)15-6-11/h3,8H,2,4-6H2,1H3. The summed E-state index contributed by atoms with van der Waals surface area (Å²) in [6.45, 7) is 2.84. The molecule has 15 heavy (non-hydrogen) atoms. The van der Waals surface area contributed by atoms with Gasteiger partial charge >= 0.3 is 0 Å². The van der Waals surface area contributed by atoms with Crippen LogP contribution in [0.1, 0.15) is 31.3 Å². The SMILES string of the molecule is CCc1cc(Cl)nc(C23COC(C2)C3)n1. The third-order valence-electron chi connectivity index (χ3n) is 3.42. The summed E-state index contributed by atoms with van der Waals surface area (Å²) < 4.78 is 5.57. The summed E-state index contributed by atoms with van der Waals surface area (Å²) in [6.07, 6.45) is 3.47. The third kappa shape index (κ3) is 1.37. The molecule has 0 amide bonds. The van der Waals surface area contributed by atoms with Crippen LogP contribution in [-0.2, 0) is 16.6 Å². The van der Waals surface area contributed by atoms with Crippen molar-refractivity contribution in [2.24, 2.45) is 0 Å². The Hall–Kier alpha value is -0.670. The molecule has 4 heteroatoms. The molecule has 0 atom stereocenters. The highest BCUT2D eigenvalue weighted by molar-refractivity contribution is 6.29. The van der Waals surface area contributed by atoms with Gasteiger partial charge in [-0.1, -0.05) is 18.5 Å². The fourth-order valence-corrected chi connectivity index (χ4v) is 2.66. The van der Waals surface area contributed by atoms with Crippen molar-refractivity contribution in [3.63, 3.8) is 0 Å². The molecule has 3 heterocycles. The summed E-state index contributed by atoms with van der Waals surface area (Å²) in [6, 6.07) is 1.84. The Bertz CT molecular complexity index is 396. The van der Waals surface area contributed by atoms with E-state index in [2.05, 4.69) is 16.9 Å². The first-order chi connectivity index (χ1) is 7.22. The second-order valence-corrected chi connectivity index (χ2v) is 4.87.